The summed E-state index contributed by atoms with van der Waals surface area (Å²) in [7, 11) is 3.99. The fraction of sp³-hybridized carbons (Fsp3) is 0.615. The number of rotatable bonds is 6. The predicted molar refractivity (Wildman–Crippen MR) is 68.4 cm³/mol. The second-order valence-corrected chi connectivity index (χ2v) is 4.40. The predicted octanol–water partition coefficient (Wildman–Crippen LogP) is 2.60. The van der Waals surface area contributed by atoms with Gasteiger partial charge < -0.3 is 5.32 Å². The molecule has 16 heavy (non-hydrogen) atoms. The Morgan fingerprint density at radius 3 is 2.81 bits per heavy atom. The van der Waals surface area contributed by atoms with Gasteiger partial charge in [0.05, 0.1) is 5.69 Å². The highest BCUT2D eigenvalue weighted by Crippen LogP contribution is 2.23. The van der Waals surface area contributed by atoms with E-state index in [-0.39, 0.29) is 0 Å². The fourth-order valence-corrected chi connectivity index (χ4v) is 1.96. The van der Waals surface area contributed by atoms with E-state index in [1.54, 1.807) is 0 Å². The molecule has 0 saturated heterocycles. The molecule has 1 rings (SSSR count). The highest BCUT2D eigenvalue weighted by Gasteiger charge is 2.15. The van der Waals surface area contributed by atoms with Gasteiger partial charge in [0.15, 0.2) is 0 Å². The van der Waals surface area contributed by atoms with Gasteiger partial charge in [-0.25, -0.2) is 0 Å². The average molecular weight is 221 g/mol. The molecule has 0 spiro atoms. The lowest BCUT2D eigenvalue weighted by atomic mass is 10.00. The van der Waals surface area contributed by atoms with E-state index >= 15 is 0 Å². The molecular formula is C13H23N3. The minimum Gasteiger partial charge on any atom is -0.313 e. The first-order valence-electron chi connectivity index (χ1n) is 5.92. The summed E-state index contributed by atoms with van der Waals surface area (Å²) in [5.74, 6) is 0. The molecule has 1 unspecified atom stereocenters. The van der Waals surface area contributed by atoms with Gasteiger partial charge in [0.1, 0.15) is 0 Å². The molecule has 0 fully saturated rings. The normalized spacial score (nSPS) is 12.8. The van der Waals surface area contributed by atoms with E-state index in [4.69, 9.17) is 0 Å². The van der Waals surface area contributed by atoms with Crippen LogP contribution in [-0.2, 0) is 13.5 Å². The molecule has 1 aromatic rings. The van der Waals surface area contributed by atoms with Crippen LogP contribution in [0.2, 0.25) is 0 Å². The first-order valence-corrected chi connectivity index (χ1v) is 5.92. The van der Waals surface area contributed by atoms with Gasteiger partial charge in [0.25, 0.3) is 0 Å². The van der Waals surface area contributed by atoms with Crippen LogP contribution in [0.15, 0.2) is 18.3 Å². The third-order valence-corrected chi connectivity index (χ3v) is 2.86. The van der Waals surface area contributed by atoms with Crippen molar-refractivity contribution in [3.8, 4) is 0 Å². The van der Waals surface area contributed by atoms with Crippen molar-refractivity contribution in [2.75, 3.05) is 7.05 Å². The molecule has 1 aromatic heterocycles. The maximum Gasteiger partial charge on any atom is 0.0669 e. The minimum atomic E-state index is 0.389. The molecule has 0 aliphatic carbocycles. The molecule has 0 saturated carbocycles. The Bertz CT molecular complexity index is 352. The zero-order valence-electron chi connectivity index (χ0n) is 10.9. The lowest BCUT2D eigenvalue weighted by molar-refractivity contribution is 0.544. The van der Waals surface area contributed by atoms with E-state index < -0.39 is 0 Å². The van der Waals surface area contributed by atoms with Gasteiger partial charge in [0, 0.05) is 24.8 Å². The molecule has 3 nitrogen and oxygen atoms in total. The average Bonchev–Trinajstić information content (AvgIpc) is 2.60. The molecule has 0 aliphatic rings. The van der Waals surface area contributed by atoms with Crippen molar-refractivity contribution in [1.29, 1.82) is 0 Å². The molecule has 90 valence electrons. The van der Waals surface area contributed by atoms with Crippen LogP contribution in [-0.4, -0.2) is 16.8 Å². The summed E-state index contributed by atoms with van der Waals surface area (Å²) in [4.78, 5) is 0. The molecular weight excluding hydrogens is 198 g/mol. The molecule has 0 aromatic carbocycles. The summed E-state index contributed by atoms with van der Waals surface area (Å²) < 4.78 is 1.90. The topological polar surface area (TPSA) is 29.9 Å². The van der Waals surface area contributed by atoms with Gasteiger partial charge in [-0.3, -0.25) is 4.68 Å². The molecule has 0 bridgehead atoms. The number of nitrogens with one attached hydrogen (secondary N) is 1. The van der Waals surface area contributed by atoms with E-state index in [9.17, 15) is 0 Å². The summed E-state index contributed by atoms with van der Waals surface area (Å²) in [5.41, 5.74) is 3.76. The van der Waals surface area contributed by atoms with Crippen molar-refractivity contribution >= 4 is 0 Å². The Hall–Kier alpha value is -1.09. The van der Waals surface area contributed by atoms with E-state index in [0.29, 0.717) is 6.04 Å². The van der Waals surface area contributed by atoms with Gasteiger partial charge >= 0.3 is 0 Å². The maximum atomic E-state index is 4.48. The number of hydrogen-bond acceptors (Lipinski definition) is 2. The Balaban J connectivity index is 2.80. The van der Waals surface area contributed by atoms with Gasteiger partial charge in [-0.05, 0) is 33.2 Å². The van der Waals surface area contributed by atoms with Crippen molar-refractivity contribution in [3.63, 3.8) is 0 Å². The zero-order valence-corrected chi connectivity index (χ0v) is 10.9. The molecule has 0 radical (unpaired) electrons. The van der Waals surface area contributed by atoms with Gasteiger partial charge in [0.2, 0.25) is 0 Å². The Kier molecular flexibility index (Phi) is 4.74. The van der Waals surface area contributed by atoms with Crippen LogP contribution >= 0.6 is 0 Å². The molecule has 1 N–H and O–H groups in total. The van der Waals surface area contributed by atoms with Crippen LogP contribution in [0.4, 0.5) is 0 Å². The van der Waals surface area contributed by atoms with E-state index in [0.717, 1.165) is 19.3 Å². The Morgan fingerprint density at radius 2 is 2.31 bits per heavy atom. The van der Waals surface area contributed by atoms with Gasteiger partial charge in [-0.15, -0.1) is 6.58 Å². The van der Waals surface area contributed by atoms with Gasteiger partial charge in [-0.1, -0.05) is 12.5 Å². The number of aryl methyl sites for hydroxylation is 2. The van der Waals surface area contributed by atoms with E-state index in [1.807, 2.05) is 18.8 Å². The lowest BCUT2D eigenvalue weighted by Gasteiger charge is -2.15. The van der Waals surface area contributed by atoms with Crippen LogP contribution in [0, 0.1) is 0 Å². The fourth-order valence-electron chi connectivity index (χ4n) is 1.96. The van der Waals surface area contributed by atoms with Crippen LogP contribution < -0.4 is 5.32 Å². The lowest BCUT2D eigenvalue weighted by Crippen LogP contribution is -2.17. The van der Waals surface area contributed by atoms with Crippen molar-refractivity contribution < 1.29 is 0 Å². The van der Waals surface area contributed by atoms with Crippen molar-refractivity contribution in [3.05, 3.63) is 29.6 Å². The van der Waals surface area contributed by atoms with Crippen LogP contribution in [0.3, 0.4) is 0 Å². The van der Waals surface area contributed by atoms with Crippen LogP contribution in [0.25, 0.3) is 0 Å². The second-order valence-electron chi connectivity index (χ2n) is 4.40. The van der Waals surface area contributed by atoms with E-state index in [2.05, 4.69) is 37.0 Å². The van der Waals surface area contributed by atoms with E-state index in [1.165, 1.54) is 16.8 Å². The first-order chi connectivity index (χ1) is 7.58. The first kappa shape index (κ1) is 13.0. The maximum absolute atomic E-state index is 4.48. The summed E-state index contributed by atoms with van der Waals surface area (Å²) in [6.07, 6.45) is 5.26. The molecule has 0 aliphatic heterocycles. The standard InChI is InChI=1S/C13H23N3/c1-6-12-11(9-16(5)15-12)13(14-4)8-7-10(2)3/h9,13-14H,2,6-8H2,1,3-5H3. The third-order valence-electron chi connectivity index (χ3n) is 2.86. The molecule has 1 heterocycles. The van der Waals surface area contributed by atoms with Crippen molar-refractivity contribution in [2.24, 2.45) is 7.05 Å². The largest absolute Gasteiger partial charge is 0.313 e. The second kappa shape index (κ2) is 5.85. The van der Waals surface area contributed by atoms with Crippen LogP contribution in [0.1, 0.15) is 44.0 Å². The molecule has 3 heteroatoms. The van der Waals surface area contributed by atoms with Crippen LogP contribution in [0.5, 0.6) is 0 Å². The summed E-state index contributed by atoms with van der Waals surface area (Å²) in [6, 6.07) is 0.389. The Morgan fingerprint density at radius 1 is 1.62 bits per heavy atom. The number of hydrogen-bond donors (Lipinski definition) is 1. The molecule has 1 atom stereocenters. The van der Waals surface area contributed by atoms with Crippen molar-refractivity contribution in [1.82, 2.24) is 15.1 Å². The zero-order chi connectivity index (χ0) is 12.1. The highest BCUT2D eigenvalue weighted by molar-refractivity contribution is 5.21. The SMILES string of the molecule is C=C(C)CCC(NC)c1cn(C)nc1CC. The van der Waals surface area contributed by atoms with Gasteiger partial charge in [-0.2, -0.15) is 5.10 Å². The number of nitrogens with zero attached hydrogens (tertiary/aromatic N) is 2. The summed E-state index contributed by atoms with van der Waals surface area (Å²) in [5, 5.41) is 7.85. The monoisotopic (exact) mass is 221 g/mol. The van der Waals surface area contributed by atoms with Crippen molar-refractivity contribution in [2.45, 2.75) is 39.2 Å². The number of allylic oxidation sites excluding steroid dienone is 1. The summed E-state index contributed by atoms with van der Waals surface area (Å²) in [6.45, 7) is 8.18. The third kappa shape index (κ3) is 3.20. The quantitative estimate of drug-likeness (QED) is 0.748. The smallest absolute Gasteiger partial charge is 0.0669 e. The summed E-state index contributed by atoms with van der Waals surface area (Å²) >= 11 is 0. The molecule has 0 amide bonds. The Labute approximate surface area is 98.5 Å². The highest BCUT2D eigenvalue weighted by atomic mass is 15.3. The number of aromatic nitrogens is 2. The minimum absolute atomic E-state index is 0.389.